The van der Waals surface area contributed by atoms with Gasteiger partial charge in [-0.2, -0.15) is 0 Å². The summed E-state index contributed by atoms with van der Waals surface area (Å²) < 4.78 is 0. The Bertz CT molecular complexity index is 547. The summed E-state index contributed by atoms with van der Waals surface area (Å²) in [6, 6.07) is 3.83. The Balaban J connectivity index is 1.65. The van der Waals surface area contributed by atoms with E-state index in [9.17, 15) is 9.90 Å². The second-order valence-electron chi connectivity index (χ2n) is 7.43. The lowest BCUT2D eigenvalue weighted by Crippen LogP contribution is -2.36. The van der Waals surface area contributed by atoms with Gasteiger partial charge in [-0.3, -0.25) is 4.79 Å². The lowest BCUT2D eigenvalue weighted by Gasteiger charge is -2.33. The van der Waals surface area contributed by atoms with Crippen molar-refractivity contribution in [2.75, 3.05) is 29.9 Å². The van der Waals surface area contributed by atoms with E-state index in [1.54, 1.807) is 6.20 Å². The topological polar surface area (TPSA) is 65.5 Å². The fourth-order valence-corrected chi connectivity index (χ4v) is 3.83. The predicted molar refractivity (Wildman–Crippen MR) is 96.0 cm³/mol. The lowest BCUT2D eigenvalue weighted by molar-refractivity contribution is -0.121. The fourth-order valence-electron chi connectivity index (χ4n) is 3.83. The van der Waals surface area contributed by atoms with Crippen molar-refractivity contribution in [2.24, 2.45) is 17.8 Å². The van der Waals surface area contributed by atoms with Crippen LogP contribution in [0, 0.1) is 17.8 Å². The summed E-state index contributed by atoms with van der Waals surface area (Å²) in [6.07, 6.45) is 8.00. The van der Waals surface area contributed by atoms with Crippen LogP contribution in [0.4, 0.5) is 11.5 Å². The second kappa shape index (κ2) is 7.97. The van der Waals surface area contributed by atoms with Crippen molar-refractivity contribution in [3.8, 4) is 0 Å². The molecule has 2 N–H and O–H groups in total. The zero-order valence-corrected chi connectivity index (χ0v) is 14.6. The monoisotopic (exact) mass is 331 g/mol. The number of carbonyl (C=O) groups is 1. The average molecular weight is 331 g/mol. The molecule has 0 bridgehead atoms. The van der Waals surface area contributed by atoms with Gasteiger partial charge < -0.3 is 15.3 Å². The first-order valence-corrected chi connectivity index (χ1v) is 9.29. The van der Waals surface area contributed by atoms with Crippen LogP contribution in [0.25, 0.3) is 0 Å². The highest BCUT2D eigenvalue weighted by molar-refractivity contribution is 5.95. The molecule has 1 aromatic rings. The Morgan fingerprint density at radius 3 is 2.62 bits per heavy atom. The van der Waals surface area contributed by atoms with Crippen molar-refractivity contribution >= 4 is 17.4 Å². The van der Waals surface area contributed by atoms with Crippen LogP contribution in [0.5, 0.6) is 0 Å². The Hall–Kier alpha value is -1.62. The SMILES string of the molecule is CC1CCC(C(=O)Nc2cccnc2N2CCC(CO)CC2)CC1. The number of amides is 1. The number of rotatable bonds is 4. The first kappa shape index (κ1) is 17.2. The van der Waals surface area contributed by atoms with Gasteiger partial charge in [0.05, 0.1) is 5.69 Å². The van der Waals surface area contributed by atoms with Crippen LogP contribution in [-0.2, 0) is 4.79 Å². The van der Waals surface area contributed by atoms with Crippen molar-refractivity contribution in [2.45, 2.75) is 45.4 Å². The molecule has 1 aliphatic heterocycles. The Morgan fingerprint density at radius 2 is 1.96 bits per heavy atom. The van der Waals surface area contributed by atoms with Gasteiger partial charge in [0.25, 0.3) is 0 Å². The van der Waals surface area contributed by atoms with Crippen LogP contribution in [0.2, 0.25) is 0 Å². The average Bonchev–Trinajstić information content (AvgIpc) is 2.63. The van der Waals surface area contributed by atoms with Crippen molar-refractivity contribution < 1.29 is 9.90 Å². The lowest BCUT2D eigenvalue weighted by atomic mass is 9.82. The predicted octanol–water partition coefficient (Wildman–Crippen LogP) is 3.06. The van der Waals surface area contributed by atoms with Crippen molar-refractivity contribution in [3.05, 3.63) is 18.3 Å². The summed E-state index contributed by atoms with van der Waals surface area (Å²) in [4.78, 5) is 19.4. The Kier molecular flexibility index (Phi) is 5.72. The van der Waals surface area contributed by atoms with Gasteiger partial charge in [-0.25, -0.2) is 4.98 Å². The normalized spacial score (nSPS) is 25.5. The number of nitrogens with zero attached hydrogens (tertiary/aromatic N) is 2. The van der Waals surface area contributed by atoms with Gasteiger partial charge in [-0.1, -0.05) is 6.92 Å². The third kappa shape index (κ3) is 4.07. The van der Waals surface area contributed by atoms with Crippen LogP contribution in [0.3, 0.4) is 0 Å². The molecule has 1 aromatic heterocycles. The van der Waals surface area contributed by atoms with Crippen LogP contribution in [-0.4, -0.2) is 35.7 Å². The molecule has 0 aromatic carbocycles. The highest BCUT2D eigenvalue weighted by Gasteiger charge is 2.26. The fraction of sp³-hybridized carbons (Fsp3) is 0.684. The number of aliphatic hydroxyl groups is 1. The van der Waals surface area contributed by atoms with Gasteiger partial charge in [-0.15, -0.1) is 0 Å². The van der Waals surface area contributed by atoms with E-state index in [1.807, 2.05) is 12.1 Å². The molecule has 0 atom stereocenters. The third-order valence-electron chi connectivity index (χ3n) is 5.60. The Morgan fingerprint density at radius 1 is 1.25 bits per heavy atom. The van der Waals surface area contributed by atoms with Crippen molar-refractivity contribution in [1.29, 1.82) is 0 Å². The number of carbonyl (C=O) groups excluding carboxylic acids is 1. The minimum absolute atomic E-state index is 0.134. The number of piperidine rings is 1. The van der Waals surface area contributed by atoms with Gasteiger partial charge in [0, 0.05) is 31.8 Å². The molecule has 5 nitrogen and oxygen atoms in total. The molecule has 2 heterocycles. The molecular weight excluding hydrogens is 302 g/mol. The largest absolute Gasteiger partial charge is 0.396 e. The molecule has 0 spiro atoms. The maximum atomic E-state index is 12.6. The molecule has 1 aliphatic carbocycles. The standard InChI is InChI=1S/C19H29N3O2/c1-14-4-6-16(7-5-14)19(24)21-17-3-2-10-20-18(17)22-11-8-15(13-23)9-12-22/h2-3,10,14-16,23H,4-9,11-13H2,1H3,(H,21,24). The third-order valence-corrected chi connectivity index (χ3v) is 5.60. The molecule has 2 fully saturated rings. The van der Waals surface area contributed by atoms with E-state index in [2.05, 4.69) is 22.1 Å². The molecule has 3 rings (SSSR count). The van der Waals surface area contributed by atoms with E-state index in [1.165, 1.54) is 0 Å². The van der Waals surface area contributed by atoms with Gasteiger partial charge in [0.15, 0.2) is 5.82 Å². The number of nitrogens with one attached hydrogen (secondary N) is 1. The number of hydrogen-bond donors (Lipinski definition) is 2. The van der Waals surface area contributed by atoms with Crippen molar-refractivity contribution in [3.63, 3.8) is 0 Å². The molecule has 0 unspecified atom stereocenters. The molecule has 24 heavy (non-hydrogen) atoms. The molecule has 2 aliphatic rings. The van der Waals surface area contributed by atoms with Crippen LogP contribution < -0.4 is 10.2 Å². The highest BCUT2D eigenvalue weighted by Crippen LogP contribution is 2.31. The molecule has 1 saturated heterocycles. The first-order valence-electron chi connectivity index (χ1n) is 9.29. The molecule has 0 radical (unpaired) electrons. The Labute approximate surface area is 144 Å². The molecule has 1 saturated carbocycles. The van der Waals surface area contributed by atoms with Gasteiger partial charge in [0.2, 0.25) is 5.91 Å². The van der Waals surface area contributed by atoms with E-state index in [0.717, 1.165) is 69.0 Å². The minimum atomic E-state index is 0.134. The second-order valence-corrected chi connectivity index (χ2v) is 7.43. The quantitative estimate of drug-likeness (QED) is 0.890. The minimum Gasteiger partial charge on any atom is -0.396 e. The molecule has 132 valence electrons. The summed E-state index contributed by atoms with van der Waals surface area (Å²) in [6.45, 7) is 4.29. The zero-order valence-electron chi connectivity index (χ0n) is 14.6. The molecule has 5 heteroatoms. The van der Waals surface area contributed by atoms with E-state index < -0.39 is 0 Å². The van der Waals surface area contributed by atoms with Crippen LogP contribution in [0.15, 0.2) is 18.3 Å². The van der Waals surface area contributed by atoms with E-state index in [4.69, 9.17) is 0 Å². The number of aromatic nitrogens is 1. The highest BCUT2D eigenvalue weighted by atomic mass is 16.3. The van der Waals surface area contributed by atoms with Gasteiger partial charge >= 0.3 is 0 Å². The number of hydrogen-bond acceptors (Lipinski definition) is 4. The van der Waals surface area contributed by atoms with Crippen LogP contribution in [0.1, 0.15) is 45.4 Å². The summed E-state index contributed by atoms with van der Waals surface area (Å²) in [7, 11) is 0. The summed E-state index contributed by atoms with van der Waals surface area (Å²) in [5.74, 6) is 2.28. The molecular formula is C19H29N3O2. The van der Waals surface area contributed by atoms with Crippen LogP contribution >= 0.6 is 0 Å². The summed E-state index contributed by atoms with van der Waals surface area (Å²) in [5.41, 5.74) is 0.823. The zero-order chi connectivity index (χ0) is 16.9. The van der Waals surface area contributed by atoms with E-state index in [-0.39, 0.29) is 18.4 Å². The van der Waals surface area contributed by atoms with E-state index >= 15 is 0 Å². The number of anilines is 2. The van der Waals surface area contributed by atoms with Crippen molar-refractivity contribution in [1.82, 2.24) is 4.98 Å². The number of aliphatic hydroxyl groups excluding tert-OH is 1. The number of pyridine rings is 1. The maximum Gasteiger partial charge on any atom is 0.227 e. The van der Waals surface area contributed by atoms with E-state index in [0.29, 0.717) is 5.92 Å². The maximum absolute atomic E-state index is 12.6. The molecule has 1 amide bonds. The smallest absolute Gasteiger partial charge is 0.227 e. The van der Waals surface area contributed by atoms with Gasteiger partial charge in [-0.05, 0) is 62.5 Å². The summed E-state index contributed by atoms with van der Waals surface area (Å²) >= 11 is 0. The first-order chi connectivity index (χ1) is 11.7. The van der Waals surface area contributed by atoms with Gasteiger partial charge in [0.1, 0.15) is 0 Å². The summed E-state index contributed by atoms with van der Waals surface area (Å²) in [5, 5.41) is 12.4.